The fourth-order valence-corrected chi connectivity index (χ4v) is 1.79. The molecular weight excluding hydrogens is 251 g/mol. The molecule has 0 aromatic heterocycles. The Balaban J connectivity index is 2.72. The lowest BCUT2D eigenvalue weighted by Gasteiger charge is -2.12. The molecule has 1 rings (SSSR count). The summed E-state index contributed by atoms with van der Waals surface area (Å²) in [4.78, 5) is 11.2. The number of aliphatic hydroxyl groups is 1. The smallest absolute Gasteiger partial charge is 0.308 e. The number of hydrogen-bond donors (Lipinski definition) is 1. The van der Waals surface area contributed by atoms with Gasteiger partial charge in [-0.25, -0.2) is 0 Å². The molecule has 1 aromatic carbocycles. The molecule has 3 nitrogen and oxygen atoms in total. The number of carbonyl (C=O) groups excluding carboxylic acids is 1. The minimum absolute atomic E-state index is 0.116. The number of halogens is 2. The fourth-order valence-electron chi connectivity index (χ4n) is 1.26. The predicted molar refractivity (Wildman–Crippen MR) is 62.7 cm³/mol. The summed E-state index contributed by atoms with van der Waals surface area (Å²) >= 11 is 11.6. The van der Waals surface area contributed by atoms with Gasteiger partial charge in [0.2, 0.25) is 0 Å². The number of carbonyl (C=O) groups is 1. The highest BCUT2D eigenvalue weighted by Crippen LogP contribution is 2.28. The molecule has 0 spiro atoms. The Kier molecular flexibility index (Phi) is 5.06. The third kappa shape index (κ3) is 3.67. The summed E-state index contributed by atoms with van der Waals surface area (Å²) in [7, 11) is 0. The Hall–Kier alpha value is -0.770. The molecule has 5 heteroatoms. The summed E-state index contributed by atoms with van der Waals surface area (Å²) in [6.45, 7) is 2.00. The van der Waals surface area contributed by atoms with Crippen molar-refractivity contribution in [3.63, 3.8) is 0 Å². The summed E-state index contributed by atoms with van der Waals surface area (Å²) in [5.41, 5.74) is 0.471. The normalized spacial score (nSPS) is 12.2. The van der Waals surface area contributed by atoms with Gasteiger partial charge in [0.1, 0.15) is 0 Å². The Morgan fingerprint density at radius 3 is 2.75 bits per heavy atom. The first-order valence-electron chi connectivity index (χ1n) is 4.83. The van der Waals surface area contributed by atoms with Crippen LogP contribution in [0.5, 0.6) is 0 Å². The lowest BCUT2D eigenvalue weighted by Crippen LogP contribution is -2.10. The lowest BCUT2D eigenvalue weighted by molar-refractivity contribution is -0.145. The first-order valence-corrected chi connectivity index (χ1v) is 5.58. The summed E-state index contributed by atoms with van der Waals surface area (Å²) in [6, 6.07) is 4.72. The number of ether oxygens (including phenoxy) is 1. The van der Waals surface area contributed by atoms with Crippen LogP contribution in [0.25, 0.3) is 0 Å². The molecule has 0 saturated heterocycles. The van der Waals surface area contributed by atoms with Crippen molar-refractivity contribution < 1.29 is 14.6 Å². The molecule has 0 aliphatic rings. The molecular formula is C11H12Cl2O3. The van der Waals surface area contributed by atoms with Crippen molar-refractivity contribution in [2.45, 2.75) is 19.4 Å². The van der Waals surface area contributed by atoms with E-state index in [0.29, 0.717) is 22.2 Å². The third-order valence-corrected chi connectivity index (χ3v) is 2.55. The highest BCUT2D eigenvalue weighted by atomic mass is 35.5. The monoisotopic (exact) mass is 262 g/mol. The van der Waals surface area contributed by atoms with Crippen molar-refractivity contribution in [3.8, 4) is 0 Å². The molecule has 0 bridgehead atoms. The van der Waals surface area contributed by atoms with Crippen molar-refractivity contribution in [3.05, 3.63) is 33.8 Å². The van der Waals surface area contributed by atoms with Gasteiger partial charge in [-0.15, -0.1) is 0 Å². The van der Waals surface area contributed by atoms with Crippen molar-refractivity contribution in [1.29, 1.82) is 0 Å². The van der Waals surface area contributed by atoms with E-state index >= 15 is 0 Å². The molecule has 1 unspecified atom stereocenters. The predicted octanol–water partition coefficient (Wildman–Crippen LogP) is 2.98. The van der Waals surface area contributed by atoms with Crippen LogP contribution < -0.4 is 0 Å². The minimum atomic E-state index is -0.969. The third-order valence-electron chi connectivity index (χ3n) is 1.99. The second-order valence-electron chi connectivity index (χ2n) is 3.19. The maximum atomic E-state index is 11.2. The second kappa shape index (κ2) is 6.09. The zero-order chi connectivity index (χ0) is 12.1. The topological polar surface area (TPSA) is 46.5 Å². The largest absolute Gasteiger partial charge is 0.466 e. The zero-order valence-electron chi connectivity index (χ0n) is 8.74. The molecule has 0 fully saturated rings. The number of benzene rings is 1. The van der Waals surface area contributed by atoms with Gasteiger partial charge in [-0.2, -0.15) is 0 Å². The van der Waals surface area contributed by atoms with E-state index in [1.807, 2.05) is 0 Å². The van der Waals surface area contributed by atoms with E-state index in [0.717, 1.165) is 0 Å². The molecule has 0 aliphatic carbocycles. The molecule has 0 heterocycles. The average Bonchev–Trinajstić information content (AvgIpc) is 2.17. The summed E-state index contributed by atoms with van der Waals surface area (Å²) in [6.07, 6.45) is -1.08. The molecule has 1 aromatic rings. The molecule has 0 saturated carbocycles. The van der Waals surface area contributed by atoms with E-state index in [-0.39, 0.29) is 6.42 Å². The van der Waals surface area contributed by atoms with Crippen LogP contribution in [-0.4, -0.2) is 17.7 Å². The van der Waals surface area contributed by atoms with Crippen LogP contribution in [0.4, 0.5) is 0 Å². The zero-order valence-corrected chi connectivity index (χ0v) is 10.3. The van der Waals surface area contributed by atoms with Crippen LogP contribution in [0.3, 0.4) is 0 Å². The Morgan fingerprint density at radius 1 is 1.50 bits per heavy atom. The van der Waals surface area contributed by atoms with E-state index in [9.17, 15) is 9.90 Å². The Morgan fingerprint density at radius 2 is 2.19 bits per heavy atom. The fraction of sp³-hybridized carbons (Fsp3) is 0.364. The van der Waals surface area contributed by atoms with E-state index in [1.54, 1.807) is 19.1 Å². The van der Waals surface area contributed by atoms with Crippen LogP contribution >= 0.6 is 23.2 Å². The molecule has 1 atom stereocenters. The molecule has 0 radical (unpaired) electrons. The van der Waals surface area contributed by atoms with Gasteiger partial charge in [0.15, 0.2) is 0 Å². The molecule has 0 amide bonds. The second-order valence-corrected chi connectivity index (χ2v) is 4.03. The highest BCUT2D eigenvalue weighted by Gasteiger charge is 2.16. The van der Waals surface area contributed by atoms with Gasteiger partial charge in [0.05, 0.1) is 19.1 Å². The standard InChI is InChI=1S/C11H12Cl2O3/c1-2-16-11(15)6-10(14)8-4-3-7(12)5-9(8)13/h3-5,10,14H,2,6H2,1H3. The first kappa shape index (κ1) is 13.3. The Bertz CT molecular complexity index is 379. The van der Waals surface area contributed by atoms with E-state index < -0.39 is 12.1 Å². The van der Waals surface area contributed by atoms with Gasteiger partial charge >= 0.3 is 5.97 Å². The molecule has 1 N–H and O–H groups in total. The maximum Gasteiger partial charge on any atom is 0.308 e. The highest BCUT2D eigenvalue weighted by molar-refractivity contribution is 6.35. The number of hydrogen-bond acceptors (Lipinski definition) is 3. The van der Waals surface area contributed by atoms with Crippen molar-refractivity contribution >= 4 is 29.2 Å². The van der Waals surface area contributed by atoms with Gasteiger partial charge in [-0.1, -0.05) is 29.3 Å². The summed E-state index contributed by atoms with van der Waals surface area (Å²) < 4.78 is 4.73. The minimum Gasteiger partial charge on any atom is -0.466 e. The van der Waals surface area contributed by atoms with E-state index in [2.05, 4.69) is 0 Å². The molecule has 16 heavy (non-hydrogen) atoms. The van der Waals surface area contributed by atoms with Crippen LogP contribution in [0.1, 0.15) is 25.0 Å². The first-order chi connectivity index (χ1) is 7.54. The summed E-state index contributed by atoms with van der Waals surface area (Å²) in [5, 5.41) is 10.6. The maximum absolute atomic E-state index is 11.2. The van der Waals surface area contributed by atoms with Crippen molar-refractivity contribution in [1.82, 2.24) is 0 Å². The summed E-state index contributed by atoms with van der Waals surface area (Å²) in [5.74, 6) is -0.457. The van der Waals surface area contributed by atoms with Gasteiger partial charge in [0, 0.05) is 10.0 Å². The van der Waals surface area contributed by atoms with Gasteiger partial charge in [-0.05, 0) is 24.6 Å². The van der Waals surface area contributed by atoms with E-state index in [1.165, 1.54) is 6.07 Å². The molecule has 88 valence electrons. The van der Waals surface area contributed by atoms with Crippen molar-refractivity contribution in [2.24, 2.45) is 0 Å². The van der Waals surface area contributed by atoms with Crippen LogP contribution in [0.15, 0.2) is 18.2 Å². The lowest BCUT2D eigenvalue weighted by atomic mass is 10.1. The molecule has 0 aliphatic heterocycles. The average molecular weight is 263 g/mol. The van der Waals surface area contributed by atoms with Crippen molar-refractivity contribution in [2.75, 3.05) is 6.61 Å². The van der Waals surface area contributed by atoms with E-state index in [4.69, 9.17) is 27.9 Å². The quantitative estimate of drug-likeness (QED) is 0.849. The van der Waals surface area contributed by atoms with Crippen LogP contribution in [0.2, 0.25) is 10.0 Å². The van der Waals surface area contributed by atoms with Crippen LogP contribution in [0, 0.1) is 0 Å². The van der Waals surface area contributed by atoms with Gasteiger partial charge in [-0.3, -0.25) is 4.79 Å². The van der Waals surface area contributed by atoms with Gasteiger partial charge < -0.3 is 9.84 Å². The van der Waals surface area contributed by atoms with Gasteiger partial charge in [0.25, 0.3) is 0 Å². The number of aliphatic hydroxyl groups excluding tert-OH is 1. The number of esters is 1. The Labute approximate surface area is 104 Å². The SMILES string of the molecule is CCOC(=O)CC(O)c1ccc(Cl)cc1Cl. The van der Waals surface area contributed by atoms with Crippen LogP contribution in [-0.2, 0) is 9.53 Å². The number of rotatable bonds is 4.